The van der Waals surface area contributed by atoms with Crippen LogP contribution in [-0.2, 0) is 49.6 Å². The molecule has 0 aromatic carbocycles. The average molecular weight is 827 g/mol. The Morgan fingerprint density at radius 2 is 1.62 bits per heavy atom. The van der Waals surface area contributed by atoms with E-state index in [2.05, 4.69) is 48.9 Å². The summed E-state index contributed by atoms with van der Waals surface area (Å²) in [6.07, 6.45) is 5.82. The Kier molecular flexibility index (Phi) is 17.3. The van der Waals surface area contributed by atoms with Gasteiger partial charge in [0.2, 0.25) is 29.5 Å². The quantitative estimate of drug-likeness (QED) is 0.161. The summed E-state index contributed by atoms with van der Waals surface area (Å²) in [7, 11) is 0. The van der Waals surface area contributed by atoms with Crippen molar-refractivity contribution in [1.82, 2.24) is 36.1 Å². The molecular formula is C39H54N8O10S. The van der Waals surface area contributed by atoms with Gasteiger partial charge < -0.3 is 36.3 Å². The number of carboxylic acid groups (broad SMARTS) is 1. The number of rotatable bonds is 10. The number of carbonyl (C=O) groups is 9. The standard InChI is InChI=1S/C39H54N8O10S/c1-22(2)13-23-15-33(50)27(7-10-36(53)54)44-39(57)30-6-4-12-47(30)35(52)19-42-34(51)9-8-31(48)29(20-58)46-38(56)28(17-26-18-40-21-43-26)45-37(55)24(16-32(23)49)14-25-5-3-11-41-25/h5,11,18,21-24,27-30,58H,3-4,6-10,12-17,19-20H2,1-2H3,(H,40,43)(H,42,51)(H,44,57)(H,45,55)(H,46,56)(H,53,54). The van der Waals surface area contributed by atoms with E-state index in [4.69, 9.17) is 0 Å². The molecule has 5 amide bonds. The van der Waals surface area contributed by atoms with Crippen molar-refractivity contribution in [2.45, 2.75) is 115 Å². The number of aliphatic carboxylic acids is 1. The van der Waals surface area contributed by atoms with E-state index in [9.17, 15) is 48.3 Å². The minimum absolute atomic E-state index is 0.0442. The summed E-state index contributed by atoms with van der Waals surface area (Å²) >= 11 is 4.25. The zero-order chi connectivity index (χ0) is 42.4. The summed E-state index contributed by atoms with van der Waals surface area (Å²) in [4.78, 5) is 133. The molecule has 0 radical (unpaired) electrons. The van der Waals surface area contributed by atoms with Crippen LogP contribution in [0.2, 0.25) is 0 Å². The monoisotopic (exact) mass is 826 g/mol. The van der Waals surface area contributed by atoms with E-state index in [1.54, 1.807) is 6.21 Å². The Labute approximate surface area is 342 Å². The molecule has 4 rings (SSSR count). The summed E-state index contributed by atoms with van der Waals surface area (Å²) in [5.41, 5.74) is 1.05. The van der Waals surface area contributed by atoms with E-state index in [1.165, 1.54) is 17.4 Å². The lowest BCUT2D eigenvalue weighted by atomic mass is 9.82. The van der Waals surface area contributed by atoms with Gasteiger partial charge in [0.25, 0.3) is 0 Å². The number of Topliss-reactive ketones (excluding diaryl/α,β-unsaturated/α-hetero) is 3. The Morgan fingerprint density at radius 3 is 2.28 bits per heavy atom. The molecule has 4 heterocycles. The maximum Gasteiger partial charge on any atom is 0.303 e. The van der Waals surface area contributed by atoms with Crippen LogP contribution in [0.5, 0.6) is 0 Å². The van der Waals surface area contributed by atoms with Crippen LogP contribution in [-0.4, -0.2) is 122 Å². The third kappa shape index (κ3) is 13.7. The molecule has 1 aromatic heterocycles. The number of allylic oxidation sites excluding steroid dienone is 2. The van der Waals surface area contributed by atoms with Gasteiger partial charge in [0, 0.05) is 93.4 Å². The summed E-state index contributed by atoms with van der Waals surface area (Å²) in [6.45, 7) is 3.46. The largest absolute Gasteiger partial charge is 0.481 e. The lowest BCUT2D eigenvalue weighted by molar-refractivity contribution is -0.140. The van der Waals surface area contributed by atoms with E-state index in [0.717, 1.165) is 0 Å². The number of carboxylic acids is 1. The number of amides is 5. The number of hydrogen-bond acceptors (Lipinski definition) is 12. The zero-order valence-corrected chi connectivity index (χ0v) is 33.8. The minimum atomic E-state index is -1.29. The number of aliphatic imine (C=N–C) groups is 1. The molecule has 6 N–H and O–H groups in total. The number of imidazole rings is 1. The average Bonchev–Trinajstić information content (AvgIpc) is 3.99. The fourth-order valence-corrected chi connectivity index (χ4v) is 7.62. The molecule has 3 aliphatic heterocycles. The molecule has 6 atom stereocenters. The predicted octanol–water partition coefficient (Wildman–Crippen LogP) is 0.617. The van der Waals surface area contributed by atoms with Gasteiger partial charge in [0.05, 0.1) is 30.9 Å². The number of ketones is 3. The third-order valence-electron chi connectivity index (χ3n) is 10.4. The minimum Gasteiger partial charge on any atom is -0.481 e. The number of hydrogen-bond donors (Lipinski definition) is 7. The molecule has 18 nitrogen and oxygen atoms in total. The Hall–Kier alpha value is -5.20. The van der Waals surface area contributed by atoms with Crippen LogP contribution in [0.1, 0.15) is 90.2 Å². The first-order valence-electron chi connectivity index (χ1n) is 19.7. The molecule has 0 saturated carbocycles. The van der Waals surface area contributed by atoms with Crippen molar-refractivity contribution < 1.29 is 48.3 Å². The number of aromatic amines is 1. The van der Waals surface area contributed by atoms with E-state index < -0.39 is 102 Å². The first-order chi connectivity index (χ1) is 27.6. The Bertz CT molecular complexity index is 1760. The van der Waals surface area contributed by atoms with Gasteiger partial charge in [0.1, 0.15) is 17.9 Å². The van der Waals surface area contributed by atoms with Crippen LogP contribution in [0.3, 0.4) is 0 Å². The fraction of sp³-hybridized carbons (Fsp3) is 0.615. The van der Waals surface area contributed by atoms with E-state index in [0.29, 0.717) is 24.2 Å². The van der Waals surface area contributed by atoms with Crippen molar-refractivity contribution >= 4 is 71.7 Å². The van der Waals surface area contributed by atoms with Crippen molar-refractivity contribution in [3.8, 4) is 0 Å². The van der Waals surface area contributed by atoms with Crippen molar-refractivity contribution in [3.63, 3.8) is 0 Å². The first kappa shape index (κ1) is 45.5. The van der Waals surface area contributed by atoms with Crippen molar-refractivity contribution in [2.75, 3.05) is 18.8 Å². The smallest absolute Gasteiger partial charge is 0.303 e. The maximum absolute atomic E-state index is 14.2. The van der Waals surface area contributed by atoms with Crippen LogP contribution in [0.15, 0.2) is 29.3 Å². The van der Waals surface area contributed by atoms with Gasteiger partial charge in [-0.3, -0.25) is 48.1 Å². The summed E-state index contributed by atoms with van der Waals surface area (Å²) in [5, 5.41) is 20.0. The highest BCUT2D eigenvalue weighted by Gasteiger charge is 2.38. The molecule has 0 bridgehead atoms. The maximum atomic E-state index is 14.2. The SMILES string of the molecule is CC(C)CC1CC(=O)C(CCC(=O)O)NC(=O)C2CCCN2C(=O)CNC(=O)CCC(=O)C(CS)NC(=O)C(Cc2cnc[nH]2)NC(=O)C(CC2=CCC=N2)CC1=O. The van der Waals surface area contributed by atoms with Crippen molar-refractivity contribution in [1.29, 1.82) is 0 Å². The molecule has 6 unspecified atom stereocenters. The highest BCUT2D eigenvalue weighted by molar-refractivity contribution is 7.80. The van der Waals surface area contributed by atoms with Crippen molar-refractivity contribution in [3.05, 3.63) is 30.0 Å². The lowest BCUT2D eigenvalue weighted by Gasteiger charge is -2.28. The summed E-state index contributed by atoms with van der Waals surface area (Å²) in [6, 6.07) is -4.66. The fourth-order valence-electron chi connectivity index (χ4n) is 7.33. The van der Waals surface area contributed by atoms with Gasteiger partial charge in [-0.1, -0.05) is 19.9 Å². The van der Waals surface area contributed by atoms with Gasteiger partial charge in [-0.2, -0.15) is 12.6 Å². The number of nitrogens with one attached hydrogen (secondary N) is 5. The van der Waals surface area contributed by atoms with E-state index in [1.807, 2.05) is 19.9 Å². The van der Waals surface area contributed by atoms with Crippen LogP contribution in [0.4, 0.5) is 0 Å². The molecule has 2 saturated heterocycles. The van der Waals surface area contributed by atoms with E-state index >= 15 is 0 Å². The molecule has 1 aromatic rings. The second-order valence-electron chi connectivity index (χ2n) is 15.4. The van der Waals surface area contributed by atoms with E-state index in [-0.39, 0.29) is 76.0 Å². The van der Waals surface area contributed by atoms with Gasteiger partial charge in [-0.25, -0.2) is 4.98 Å². The number of fused-ring (bicyclic) bond motifs is 1. The summed E-state index contributed by atoms with van der Waals surface area (Å²) < 4.78 is 0. The summed E-state index contributed by atoms with van der Waals surface area (Å²) in [5.74, 6) is -8.04. The van der Waals surface area contributed by atoms with Crippen LogP contribution >= 0.6 is 12.6 Å². The van der Waals surface area contributed by atoms with Crippen LogP contribution in [0, 0.1) is 17.8 Å². The van der Waals surface area contributed by atoms with Crippen LogP contribution < -0.4 is 21.3 Å². The normalized spacial score (nSPS) is 26.4. The Morgan fingerprint density at radius 1 is 0.897 bits per heavy atom. The molecule has 316 valence electrons. The topological polar surface area (TPSA) is 266 Å². The third-order valence-corrected chi connectivity index (χ3v) is 10.8. The highest BCUT2D eigenvalue weighted by Crippen LogP contribution is 2.27. The van der Waals surface area contributed by atoms with Crippen molar-refractivity contribution in [2.24, 2.45) is 22.7 Å². The second kappa shape index (κ2) is 22.1. The number of nitrogens with zero attached hydrogens (tertiary/aromatic N) is 3. The van der Waals surface area contributed by atoms with Gasteiger partial charge in [0.15, 0.2) is 11.6 Å². The first-order valence-corrected chi connectivity index (χ1v) is 20.3. The van der Waals surface area contributed by atoms with Gasteiger partial charge >= 0.3 is 5.97 Å². The second-order valence-corrected chi connectivity index (χ2v) is 15.7. The van der Waals surface area contributed by atoms with Crippen LogP contribution in [0.25, 0.3) is 0 Å². The highest BCUT2D eigenvalue weighted by atomic mass is 32.1. The number of thiol groups is 1. The molecule has 2 fully saturated rings. The number of H-pyrrole nitrogens is 1. The molecule has 0 spiro atoms. The molecular weight excluding hydrogens is 773 g/mol. The molecule has 19 heteroatoms. The zero-order valence-electron chi connectivity index (χ0n) is 32.9. The predicted molar refractivity (Wildman–Crippen MR) is 212 cm³/mol. The molecule has 3 aliphatic rings. The Balaban J connectivity index is 1.69. The molecule has 58 heavy (non-hydrogen) atoms. The van der Waals surface area contributed by atoms with Gasteiger partial charge in [-0.15, -0.1) is 0 Å². The number of carbonyl (C=O) groups excluding carboxylic acids is 8. The van der Waals surface area contributed by atoms with Gasteiger partial charge in [-0.05, 0) is 31.6 Å². The number of aromatic nitrogens is 2. The molecule has 0 aliphatic carbocycles. The lowest BCUT2D eigenvalue weighted by Crippen LogP contribution is -2.54.